The molecule has 13 heteroatoms. The Morgan fingerprint density at radius 1 is 0.582 bits per heavy atom. The highest BCUT2D eigenvalue weighted by atomic mass is 16.5. The number of rotatable bonds is 19. The van der Waals surface area contributed by atoms with E-state index in [-0.39, 0.29) is 44.6 Å². The predicted octanol–water partition coefficient (Wildman–Crippen LogP) is 2.66. The van der Waals surface area contributed by atoms with Gasteiger partial charge in [0.2, 0.25) is 11.8 Å². The van der Waals surface area contributed by atoms with Crippen LogP contribution in [0.4, 0.5) is 0 Å². The van der Waals surface area contributed by atoms with Gasteiger partial charge in [-0.05, 0) is 63.8 Å². The van der Waals surface area contributed by atoms with E-state index in [1.165, 1.54) is 0 Å². The highest BCUT2D eigenvalue weighted by molar-refractivity contribution is 6.35. The van der Waals surface area contributed by atoms with Gasteiger partial charge in [-0.25, -0.2) is 15.0 Å². The summed E-state index contributed by atoms with van der Waals surface area (Å²) in [5.74, 6) is -5.26. The molecule has 0 unspecified atom stereocenters. The Kier molecular flexibility index (Phi) is 12.9. The number of carbonyl (C=O) groups excluding carboxylic acids is 6. The van der Waals surface area contributed by atoms with Crippen LogP contribution in [-0.4, -0.2) is 80.8 Å². The maximum Gasteiger partial charge on any atom is 0.376 e. The minimum Gasteiger partial charge on any atom is -0.459 e. The zero-order chi connectivity index (χ0) is 38.7. The van der Waals surface area contributed by atoms with E-state index in [0.29, 0.717) is 19.4 Å². The summed E-state index contributed by atoms with van der Waals surface area (Å²) in [7, 11) is 0. The molecule has 2 aliphatic carbocycles. The number of nitrogens with two attached hydrogens (primary N) is 1. The molecule has 0 spiro atoms. The Balaban J connectivity index is 0.879. The van der Waals surface area contributed by atoms with E-state index in [1.807, 2.05) is 97.1 Å². The van der Waals surface area contributed by atoms with Crippen molar-refractivity contribution in [2.24, 2.45) is 5.73 Å². The molecule has 284 valence electrons. The first-order valence-corrected chi connectivity index (χ1v) is 18.3. The molecule has 2 aliphatic rings. The summed E-state index contributed by atoms with van der Waals surface area (Å²) in [6, 6.07) is 30.5. The molecular formula is C42H43N5O8. The van der Waals surface area contributed by atoms with Crippen LogP contribution in [0.5, 0.6) is 0 Å². The van der Waals surface area contributed by atoms with Crippen molar-refractivity contribution in [3.05, 3.63) is 119 Å². The lowest BCUT2D eigenvalue weighted by Crippen LogP contribution is -2.50. The quantitative estimate of drug-likeness (QED) is 0.0410. The first kappa shape index (κ1) is 38.7. The fourth-order valence-corrected chi connectivity index (χ4v) is 7.11. The van der Waals surface area contributed by atoms with Crippen LogP contribution in [0, 0.1) is 0 Å². The molecule has 4 aromatic rings. The number of ether oxygens (including phenoxy) is 2. The second-order valence-corrected chi connectivity index (χ2v) is 13.3. The number of esters is 2. The number of unbranched alkanes of at least 4 members (excludes halogenated alkanes) is 1. The third-order valence-electron chi connectivity index (χ3n) is 9.82. The SMILES string of the molecule is NCC(=O)N[C@@H](CCCCNNCC(=O)C(=O)OCC1c2ccccc2-c2ccccc21)C(=O)NCC(=O)C(=O)OCC1c2ccccc2-c2ccccc21. The number of fused-ring (bicyclic) bond motifs is 6. The Bertz CT molecular complexity index is 1990. The summed E-state index contributed by atoms with van der Waals surface area (Å²) < 4.78 is 10.8. The standard InChI is InChI=1S/C42H43N5O8/c43-21-39(50)47-36(40(51)44-22-37(48)41(52)54-24-34-30-15-5-1-11-26(30)27-12-2-6-16-31(27)34)19-9-10-20-45-46-23-38(49)42(53)55-25-35-32-17-7-3-13-28(32)29-14-4-8-18-33(29)35/h1-8,11-18,34-36,45-46H,9-10,19-25,43H2,(H,44,51)(H,47,50)/t36-/m0/s1. The Morgan fingerprint density at radius 3 is 1.47 bits per heavy atom. The molecule has 6 rings (SSSR count). The Hall–Kier alpha value is -6.02. The minimum absolute atomic E-state index is 0.0335. The van der Waals surface area contributed by atoms with Gasteiger partial charge in [-0.2, -0.15) is 0 Å². The maximum atomic E-state index is 12.9. The smallest absolute Gasteiger partial charge is 0.376 e. The molecule has 0 saturated heterocycles. The van der Waals surface area contributed by atoms with Gasteiger partial charge in [0.15, 0.2) is 0 Å². The molecule has 6 N–H and O–H groups in total. The molecule has 0 saturated carbocycles. The number of ketones is 2. The van der Waals surface area contributed by atoms with Crippen molar-refractivity contribution >= 4 is 35.3 Å². The van der Waals surface area contributed by atoms with Crippen LogP contribution in [0.2, 0.25) is 0 Å². The third-order valence-corrected chi connectivity index (χ3v) is 9.82. The zero-order valence-electron chi connectivity index (χ0n) is 30.2. The molecule has 0 aliphatic heterocycles. The Morgan fingerprint density at radius 2 is 1.02 bits per heavy atom. The van der Waals surface area contributed by atoms with Crippen LogP contribution in [0.3, 0.4) is 0 Å². The molecule has 0 bridgehead atoms. The number of hydrogen-bond donors (Lipinski definition) is 5. The van der Waals surface area contributed by atoms with Crippen molar-refractivity contribution in [3.8, 4) is 22.3 Å². The number of nitrogens with one attached hydrogen (secondary N) is 4. The second-order valence-electron chi connectivity index (χ2n) is 13.3. The van der Waals surface area contributed by atoms with Crippen LogP contribution in [0.15, 0.2) is 97.1 Å². The van der Waals surface area contributed by atoms with E-state index in [4.69, 9.17) is 15.2 Å². The highest BCUT2D eigenvalue weighted by Gasteiger charge is 2.31. The summed E-state index contributed by atoms with van der Waals surface area (Å²) in [5.41, 5.74) is 19.4. The molecule has 1 atom stereocenters. The van der Waals surface area contributed by atoms with Crippen molar-refractivity contribution in [2.75, 3.05) is 39.4 Å². The van der Waals surface area contributed by atoms with Gasteiger partial charge < -0.3 is 25.8 Å². The molecule has 0 radical (unpaired) electrons. The number of Topliss-reactive ketones (excluding diaryl/α,β-unsaturated/α-hetero) is 2. The lowest BCUT2D eigenvalue weighted by molar-refractivity contribution is -0.153. The van der Waals surface area contributed by atoms with Crippen LogP contribution in [0.1, 0.15) is 53.4 Å². The summed E-state index contributed by atoms with van der Waals surface area (Å²) in [4.78, 5) is 75.1. The second kappa shape index (κ2) is 18.3. The number of carbonyl (C=O) groups is 6. The van der Waals surface area contributed by atoms with Crippen molar-refractivity contribution in [3.63, 3.8) is 0 Å². The number of benzene rings is 4. The van der Waals surface area contributed by atoms with E-state index < -0.39 is 47.9 Å². The molecule has 2 amide bonds. The van der Waals surface area contributed by atoms with Crippen molar-refractivity contribution in [2.45, 2.75) is 37.1 Å². The number of hydrogen-bond acceptors (Lipinski definition) is 11. The molecule has 0 heterocycles. The lowest BCUT2D eigenvalue weighted by Gasteiger charge is -2.18. The first-order chi connectivity index (χ1) is 26.8. The fraction of sp³-hybridized carbons (Fsp3) is 0.286. The minimum atomic E-state index is -1.07. The topological polar surface area (TPSA) is 195 Å². The normalized spacial score (nSPS) is 13.1. The largest absolute Gasteiger partial charge is 0.459 e. The van der Waals surface area contributed by atoms with E-state index in [0.717, 1.165) is 44.5 Å². The van der Waals surface area contributed by atoms with Gasteiger partial charge in [-0.1, -0.05) is 97.1 Å². The highest BCUT2D eigenvalue weighted by Crippen LogP contribution is 2.45. The predicted molar refractivity (Wildman–Crippen MR) is 203 cm³/mol. The molecular weight excluding hydrogens is 702 g/mol. The molecule has 13 nitrogen and oxygen atoms in total. The molecule has 55 heavy (non-hydrogen) atoms. The fourth-order valence-electron chi connectivity index (χ4n) is 7.11. The van der Waals surface area contributed by atoms with E-state index in [1.54, 1.807) is 0 Å². The maximum absolute atomic E-state index is 12.9. The summed E-state index contributed by atoms with van der Waals surface area (Å²) in [5, 5.41) is 4.96. The zero-order valence-corrected chi connectivity index (χ0v) is 30.2. The molecule has 4 aromatic carbocycles. The summed E-state index contributed by atoms with van der Waals surface area (Å²) in [6.45, 7) is -0.845. The van der Waals surface area contributed by atoms with Crippen LogP contribution >= 0.6 is 0 Å². The summed E-state index contributed by atoms with van der Waals surface area (Å²) >= 11 is 0. The van der Waals surface area contributed by atoms with Gasteiger partial charge in [0, 0.05) is 18.4 Å². The van der Waals surface area contributed by atoms with Gasteiger partial charge in [0.25, 0.3) is 11.6 Å². The van der Waals surface area contributed by atoms with E-state index in [9.17, 15) is 28.8 Å². The van der Waals surface area contributed by atoms with Gasteiger partial charge in [0.05, 0.1) is 19.6 Å². The van der Waals surface area contributed by atoms with Gasteiger partial charge >= 0.3 is 11.9 Å². The van der Waals surface area contributed by atoms with Gasteiger partial charge in [-0.3, -0.25) is 24.6 Å². The Labute approximate surface area is 318 Å². The van der Waals surface area contributed by atoms with Crippen LogP contribution in [-0.2, 0) is 38.2 Å². The van der Waals surface area contributed by atoms with E-state index in [2.05, 4.69) is 21.5 Å². The number of amides is 2. The lowest BCUT2D eigenvalue weighted by atomic mass is 9.98. The van der Waals surface area contributed by atoms with Crippen molar-refractivity contribution < 1.29 is 38.2 Å². The van der Waals surface area contributed by atoms with Crippen LogP contribution < -0.4 is 27.2 Å². The van der Waals surface area contributed by atoms with E-state index >= 15 is 0 Å². The molecule has 0 fully saturated rings. The third kappa shape index (κ3) is 9.20. The average Bonchev–Trinajstić information content (AvgIpc) is 3.71. The van der Waals surface area contributed by atoms with Crippen molar-refractivity contribution in [1.29, 1.82) is 0 Å². The molecule has 0 aromatic heterocycles. The van der Waals surface area contributed by atoms with Gasteiger partial charge in [0.1, 0.15) is 19.3 Å². The average molecular weight is 746 g/mol. The van der Waals surface area contributed by atoms with Crippen molar-refractivity contribution in [1.82, 2.24) is 21.5 Å². The monoisotopic (exact) mass is 745 g/mol. The number of hydrazine groups is 1. The summed E-state index contributed by atoms with van der Waals surface area (Å²) in [6.07, 6.45) is 1.18. The first-order valence-electron chi connectivity index (χ1n) is 18.3. The van der Waals surface area contributed by atoms with Gasteiger partial charge in [-0.15, -0.1) is 0 Å². The van der Waals surface area contributed by atoms with Crippen LogP contribution in [0.25, 0.3) is 22.3 Å².